The highest BCUT2D eigenvalue weighted by Gasteiger charge is 2.22. The van der Waals surface area contributed by atoms with Gasteiger partial charge in [0.15, 0.2) is 0 Å². The standard InChI is InChI=1S/C19H28N2O4S/c22-19(21-11-4-2-1-3-5-12-21)16-8-6-10-18(14-16)26(23,24)20-15-17-9-7-13-25-17/h6,8,10,14,17,20H,1-5,7,9,11-13,15H2. The minimum Gasteiger partial charge on any atom is -0.377 e. The van der Waals surface area contributed by atoms with E-state index in [0.717, 1.165) is 51.6 Å². The van der Waals surface area contributed by atoms with Crippen LogP contribution in [0, 0.1) is 0 Å². The maximum absolute atomic E-state index is 12.8. The Kier molecular flexibility index (Phi) is 6.67. The Morgan fingerprint density at radius 2 is 1.85 bits per heavy atom. The van der Waals surface area contributed by atoms with Gasteiger partial charge in [0.05, 0.1) is 11.0 Å². The van der Waals surface area contributed by atoms with Crippen molar-refractivity contribution in [1.29, 1.82) is 0 Å². The van der Waals surface area contributed by atoms with Crippen LogP contribution in [0.4, 0.5) is 0 Å². The van der Waals surface area contributed by atoms with Crippen LogP contribution in [-0.4, -0.2) is 51.6 Å². The summed E-state index contributed by atoms with van der Waals surface area (Å²) in [5.41, 5.74) is 0.436. The molecule has 0 spiro atoms. The van der Waals surface area contributed by atoms with Crippen molar-refractivity contribution in [2.45, 2.75) is 55.9 Å². The Balaban J connectivity index is 1.68. The predicted molar refractivity (Wildman–Crippen MR) is 99.6 cm³/mol. The van der Waals surface area contributed by atoms with Gasteiger partial charge in [-0.3, -0.25) is 4.79 Å². The molecule has 144 valence electrons. The van der Waals surface area contributed by atoms with Crippen molar-refractivity contribution in [2.24, 2.45) is 0 Å². The van der Waals surface area contributed by atoms with Crippen molar-refractivity contribution in [1.82, 2.24) is 9.62 Å². The molecule has 1 aromatic rings. The zero-order valence-electron chi connectivity index (χ0n) is 15.2. The molecule has 2 aliphatic heterocycles. The molecule has 7 heteroatoms. The maximum atomic E-state index is 12.8. The van der Waals surface area contributed by atoms with Gasteiger partial charge in [0.1, 0.15) is 0 Å². The van der Waals surface area contributed by atoms with Crippen molar-refractivity contribution >= 4 is 15.9 Å². The van der Waals surface area contributed by atoms with Crippen molar-refractivity contribution in [2.75, 3.05) is 26.2 Å². The molecule has 0 radical (unpaired) electrons. The van der Waals surface area contributed by atoms with Gasteiger partial charge in [-0.1, -0.05) is 25.3 Å². The number of amides is 1. The average molecular weight is 381 g/mol. The molecule has 1 aromatic carbocycles. The van der Waals surface area contributed by atoms with Crippen molar-refractivity contribution in [3.8, 4) is 0 Å². The molecule has 0 saturated carbocycles. The van der Waals surface area contributed by atoms with E-state index in [1.165, 1.54) is 18.6 Å². The van der Waals surface area contributed by atoms with E-state index in [4.69, 9.17) is 4.74 Å². The Morgan fingerprint density at radius 1 is 1.12 bits per heavy atom. The molecule has 2 fully saturated rings. The molecule has 2 heterocycles. The number of hydrogen-bond donors (Lipinski definition) is 1. The lowest BCUT2D eigenvalue weighted by atomic mass is 10.1. The molecule has 0 aliphatic carbocycles. The van der Waals surface area contributed by atoms with Crippen molar-refractivity contribution in [3.05, 3.63) is 29.8 Å². The van der Waals surface area contributed by atoms with Gasteiger partial charge >= 0.3 is 0 Å². The third kappa shape index (κ3) is 5.05. The molecule has 6 nitrogen and oxygen atoms in total. The summed E-state index contributed by atoms with van der Waals surface area (Å²) in [7, 11) is -3.65. The first-order valence-electron chi connectivity index (χ1n) is 9.57. The highest BCUT2D eigenvalue weighted by molar-refractivity contribution is 7.89. The normalized spacial score (nSPS) is 22.0. The molecule has 1 amide bonds. The van der Waals surface area contributed by atoms with Gasteiger partial charge in [0, 0.05) is 31.8 Å². The summed E-state index contributed by atoms with van der Waals surface area (Å²) in [5.74, 6) is -0.0805. The highest BCUT2D eigenvalue weighted by atomic mass is 32.2. The number of benzene rings is 1. The Bertz CT molecular complexity index is 706. The summed E-state index contributed by atoms with van der Waals surface area (Å²) >= 11 is 0. The predicted octanol–water partition coefficient (Wildman–Crippen LogP) is 2.55. The Hall–Kier alpha value is -1.44. The van der Waals surface area contributed by atoms with Crippen LogP contribution in [0.15, 0.2) is 29.2 Å². The summed E-state index contributed by atoms with van der Waals surface area (Å²) in [6.45, 7) is 2.44. The van der Waals surface area contributed by atoms with Gasteiger partial charge in [-0.15, -0.1) is 0 Å². The quantitative estimate of drug-likeness (QED) is 0.852. The fraction of sp³-hybridized carbons (Fsp3) is 0.632. The van der Waals surface area contributed by atoms with Crippen LogP contribution in [-0.2, 0) is 14.8 Å². The number of hydrogen-bond acceptors (Lipinski definition) is 4. The number of carbonyl (C=O) groups is 1. The fourth-order valence-corrected chi connectivity index (χ4v) is 4.63. The number of carbonyl (C=O) groups excluding carboxylic acids is 1. The van der Waals surface area contributed by atoms with Crippen LogP contribution in [0.3, 0.4) is 0 Å². The molecule has 1 N–H and O–H groups in total. The van der Waals surface area contributed by atoms with Crippen molar-refractivity contribution < 1.29 is 17.9 Å². The summed E-state index contributed by atoms with van der Waals surface area (Å²) in [6, 6.07) is 6.35. The summed E-state index contributed by atoms with van der Waals surface area (Å²) in [5, 5.41) is 0. The number of nitrogens with zero attached hydrogens (tertiary/aromatic N) is 1. The second kappa shape index (κ2) is 8.97. The van der Waals surface area contributed by atoms with Crippen LogP contribution < -0.4 is 4.72 Å². The van der Waals surface area contributed by atoms with E-state index in [9.17, 15) is 13.2 Å². The number of nitrogens with one attached hydrogen (secondary N) is 1. The first kappa shape index (κ1) is 19.3. The van der Waals surface area contributed by atoms with Crippen LogP contribution in [0.25, 0.3) is 0 Å². The van der Waals surface area contributed by atoms with E-state index in [0.29, 0.717) is 12.2 Å². The van der Waals surface area contributed by atoms with E-state index >= 15 is 0 Å². The van der Waals surface area contributed by atoms with Gasteiger partial charge in [0.25, 0.3) is 5.91 Å². The molecule has 0 aromatic heterocycles. The van der Waals surface area contributed by atoms with E-state index in [1.807, 2.05) is 4.90 Å². The topological polar surface area (TPSA) is 75.7 Å². The summed E-state index contributed by atoms with van der Waals surface area (Å²) < 4.78 is 33.2. The Morgan fingerprint density at radius 3 is 2.54 bits per heavy atom. The maximum Gasteiger partial charge on any atom is 0.253 e. The molecule has 2 saturated heterocycles. The minimum absolute atomic E-state index is 0.0596. The van der Waals surface area contributed by atoms with Gasteiger partial charge in [-0.2, -0.15) is 0 Å². The van der Waals surface area contributed by atoms with Gasteiger partial charge in [-0.25, -0.2) is 13.1 Å². The van der Waals surface area contributed by atoms with Crippen LogP contribution >= 0.6 is 0 Å². The smallest absolute Gasteiger partial charge is 0.253 e. The average Bonchev–Trinajstić information content (AvgIpc) is 3.13. The van der Waals surface area contributed by atoms with Gasteiger partial charge in [0.2, 0.25) is 10.0 Å². The Labute approximate surface area is 156 Å². The second-order valence-corrected chi connectivity index (χ2v) is 8.84. The zero-order chi connectivity index (χ0) is 18.4. The lowest BCUT2D eigenvalue weighted by Gasteiger charge is -2.25. The second-order valence-electron chi connectivity index (χ2n) is 7.07. The fourth-order valence-electron chi connectivity index (χ4n) is 3.52. The van der Waals surface area contributed by atoms with Crippen LogP contribution in [0.5, 0.6) is 0 Å². The zero-order valence-corrected chi connectivity index (χ0v) is 16.0. The monoisotopic (exact) mass is 380 g/mol. The van der Waals surface area contributed by atoms with E-state index < -0.39 is 10.0 Å². The number of rotatable bonds is 5. The minimum atomic E-state index is -3.65. The largest absolute Gasteiger partial charge is 0.377 e. The molecular formula is C19H28N2O4S. The SMILES string of the molecule is O=C(c1cccc(S(=O)(=O)NCC2CCCO2)c1)N1CCCCCCC1. The molecule has 2 aliphatic rings. The van der Waals surface area contributed by atoms with Gasteiger partial charge in [-0.05, 0) is 43.9 Å². The van der Waals surface area contributed by atoms with E-state index in [-0.39, 0.29) is 23.5 Å². The van der Waals surface area contributed by atoms with E-state index in [2.05, 4.69) is 4.72 Å². The van der Waals surface area contributed by atoms with E-state index in [1.54, 1.807) is 12.1 Å². The molecule has 1 atom stereocenters. The summed E-state index contributed by atoms with van der Waals surface area (Å²) in [4.78, 5) is 14.8. The summed E-state index contributed by atoms with van der Waals surface area (Å²) in [6.07, 6.45) is 7.31. The molecule has 26 heavy (non-hydrogen) atoms. The lowest BCUT2D eigenvalue weighted by Crippen LogP contribution is -2.34. The molecule has 3 rings (SSSR count). The van der Waals surface area contributed by atoms with Crippen molar-refractivity contribution in [3.63, 3.8) is 0 Å². The van der Waals surface area contributed by atoms with Crippen LogP contribution in [0.1, 0.15) is 55.3 Å². The first-order chi connectivity index (χ1) is 12.6. The molecule has 1 unspecified atom stereocenters. The van der Waals surface area contributed by atoms with Crippen LogP contribution in [0.2, 0.25) is 0 Å². The van der Waals surface area contributed by atoms with Gasteiger partial charge < -0.3 is 9.64 Å². The number of ether oxygens (including phenoxy) is 1. The third-order valence-electron chi connectivity index (χ3n) is 5.06. The molecular weight excluding hydrogens is 352 g/mol. The highest BCUT2D eigenvalue weighted by Crippen LogP contribution is 2.17. The molecule has 0 bridgehead atoms. The first-order valence-corrected chi connectivity index (χ1v) is 11.1. The number of likely N-dealkylation sites (tertiary alicyclic amines) is 1. The number of sulfonamides is 1. The third-order valence-corrected chi connectivity index (χ3v) is 6.48. The lowest BCUT2D eigenvalue weighted by molar-refractivity contribution is 0.0742.